The number of hydrogen-bond donors (Lipinski definition) is 6. The van der Waals surface area contributed by atoms with Crippen LogP contribution < -0.4 is 26.6 Å². The van der Waals surface area contributed by atoms with Crippen molar-refractivity contribution in [3.05, 3.63) is 0 Å². The van der Waals surface area contributed by atoms with Gasteiger partial charge in [-0.25, -0.2) is 4.79 Å². The lowest BCUT2D eigenvalue weighted by molar-refractivity contribution is -0.132. The zero-order chi connectivity index (χ0) is 32.8. The second-order valence-electron chi connectivity index (χ2n) is 12.5. The number of aliphatic hydroxyl groups is 1. The van der Waals surface area contributed by atoms with Gasteiger partial charge in [0.2, 0.25) is 23.6 Å². The van der Waals surface area contributed by atoms with Crippen LogP contribution in [0.15, 0.2) is 0 Å². The first-order valence-electron chi connectivity index (χ1n) is 14.7. The summed E-state index contributed by atoms with van der Waals surface area (Å²) in [6.45, 7) is 18.1. The summed E-state index contributed by atoms with van der Waals surface area (Å²) in [5.74, 6) is -2.23. The molecule has 0 fully saturated rings. The molecule has 0 aromatic heterocycles. The Morgan fingerprint density at radius 2 is 1.40 bits per heavy atom. The van der Waals surface area contributed by atoms with E-state index in [0.717, 1.165) is 0 Å². The molecule has 5 amide bonds. The first kappa shape index (κ1) is 39.5. The summed E-state index contributed by atoms with van der Waals surface area (Å²) in [6, 6.07) is -3.28. The van der Waals surface area contributed by atoms with Gasteiger partial charge in [0.1, 0.15) is 23.7 Å². The van der Waals surface area contributed by atoms with Crippen LogP contribution >= 0.6 is 11.8 Å². The second kappa shape index (κ2) is 18.9. The number of amides is 5. The molecule has 0 aromatic carbocycles. The molecule has 0 aromatic rings. The van der Waals surface area contributed by atoms with E-state index < -0.39 is 59.7 Å². The third-order valence-electron chi connectivity index (χ3n) is 6.25. The summed E-state index contributed by atoms with van der Waals surface area (Å²) in [4.78, 5) is 63.5. The molecule has 0 aliphatic carbocycles. The van der Waals surface area contributed by atoms with Gasteiger partial charge in [-0.2, -0.15) is 11.8 Å². The highest BCUT2D eigenvalue weighted by Gasteiger charge is 2.33. The van der Waals surface area contributed by atoms with Crippen LogP contribution in [-0.4, -0.2) is 89.3 Å². The van der Waals surface area contributed by atoms with Crippen molar-refractivity contribution in [1.29, 1.82) is 0 Å². The minimum absolute atomic E-state index is 0.0560. The molecule has 0 heterocycles. The third kappa shape index (κ3) is 15.6. The highest BCUT2D eigenvalue weighted by Crippen LogP contribution is 2.17. The fraction of sp³-hybridized carbons (Fsp3) is 0.828. The van der Waals surface area contributed by atoms with E-state index in [0.29, 0.717) is 13.0 Å². The Balaban J connectivity index is 5.55. The van der Waals surface area contributed by atoms with E-state index in [1.54, 1.807) is 61.6 Å². The maximum absolute atomic E-state index is 13.4. The Bertz CT molecular complexity index is 894. The van der Waals surface area contributed by atoms with E-state index in [2.05, 4.69) is 26.6 Å². The Morgan fingerprint density at radius 1 is 0.810 bits per heavy atom. The summed E-state index contributed by atoms with van der Waals surface area (Å²) in [5.41, 5.74) is -0.740. The van der Waals surface area contributed by atoms with Gasteiger partial charge in [-0.1, -0.05) is 34.6 Å². The summed E-state index contributed by atoms with van der Waals surface area (Å²) in [7, 11) is 0. The van der Waals surface area contributed by atoms with Crippen molar-refractivity contribution in [3.63, 3.8) is 0 Å². The van der Waals surface area contributed by atoms with E-state index in [1.165, 1.54) is 11.8 Å². The molecule has 6 N–H and O–H groups in total. The maximum Gasteiger partial charge on any atom is 0.408 e. The van der Waals surface area contributed by atoms with E-state index in [1.807, 2.05) is 13.8 Å². The van der Waals surface area contributed by atoms with Crippen molar-refractivity contribution in [2.45, 2.75) is 118 Å². The number of ether oxygens (including phenoxy) is 1. The van der Waals surface area contributed by atoms with Crippen LogP contribution in [0.25, 0.3) is 0 Å². The molecule has 0 aliphatic heterocycles. The molecular weight excluding hydrogens is 562 g/mol. The predicted molar refractivity (Wildman–Crippen MR) is 166 cm³/mol. The van der Waals surface area contributed by atoms with Gasteiger partial charge >= 0.3 is 6.09 Å². The highest BCUT2D eigenvalue weighted by molar-refractivity contribution is 7.98. The fourth-order valence-corrected chi connectivity index (χ4v) is 4.63. The smallest absolute Gasteiger partial charge is 0.408 e. The monoisotopic (exact) mass is 617 g/mol. The molecule has 244 valence electrons. The number of alkyl carbamates (subject to hydrolysis) is 1. The van der Waals surface area contributed by atoms with Crippen molar-refractivity contribution in [2.75, 3.05) is 18.6 Å². The van der Waals surface area contributed by atoms with Crippen molar-refractivity contribution in [1.82, 2.24) is 26.6 Å². The number of thioether (sulfide) groups is 1. The largest absolute Gasteiger partial charge is 0.444 e. The van der Waals surface area contributed by atoms with Gasteiger partial charge in [-0.05, 0) is 65.6 Å². The Morgan fingerprint density at radius 3 is 1.88 bits per heavy atom. The molecule has 13 heteroatoms. The van der Waals surface area contributed by atoms with Crippen molar-refractivity contribution in [2.24, 2.45) is 17.8 Å². The predicted octanol–water partition coefficient (Wildman–Crippen LogP) is 1.94. The van der Waals surface area contributed by atoms with Gasteiger partial charge in [-0.15, -0.1) is 0 Å². The minimum Gasteiger partial charge on any atom is -0.444 e. The summed E-state index contributed by atoms with van der Waals surface area (Å²) >= 11 is 1.36. The molecule has 42 heavy (non-hydrogen) atoms. The topological polar surface area (TPSA) is 175 Å². The van der Waals surface area contributed by atoms with Crippen molar-refractivity contribution < 1.29 is 33.8 Å². The quantitative estimate of drug-likeness (QED) is 0.144. The molecule has 0 bridgehead atoms. The number of rotatable bonds is 17. The molecule has 0 spiro atoms. The van der Waals surface area contributed by atoms with Gasteiger partial charge in [0.05, 0.1) is 12.1 Å². The minimum atomic E-state index is -1.06. The molecular formula is C29H55N5O7S. The van der Waals surface area contributed by atoms with Crippen LogP contribution in [0.5, 0.6) is 0 Å². The van der Waals surface area contributed by atoms with Crippen molar-refractivity contribution >= 4 is 41.5 Å². The third-order valence-corrected chi connectivity index (χ3v) is 6.92. The SMILES string of the molecule is CCNC(=O)[C@H](C)NC(=O)[C@H](C)C[C@H](O)[C@H](CC(C)C)NC(=O)[C@H](CSC)NC(=O)[C@@H](NC(=O)OC(C)(C)C)C(C)C. The number of hydrogen-bond acceptors (Lipinski definition) is 8. The van der Waals surface area contributed by atoms with E-state index >= 15 is 0 Å². The van der Waals surface area contributed by atoms with Gasteiger partial charge in [0.25, 0.3) is 0 Å². The molecule has 0 saturated carbocycles. The highest BCUT2D eigenvalue weighted by atomic mass is 32.2. The van der Waals surface area contributed by atoms with E-state index in [9.17, 15) is 29.1 Å². The van der Waals surface area contributed by atoms with Crippen LogP contribution in [0.2, 0.25) is 0 Å². The maximum atomic E-state index is 13.4. The average Bonchev–Trinajstić information content (AvgIpc) is 2.84. The Kier molecular flexibility index (Phi) is 17.7. The Hall–Kier alpha value is -2.54. The summed E-state index contributed by atoms with van der Waals surface area (Å²) < 4.78 is 5.29. The fourth-order valence-electron chi connectivity index (χ4n) is 4.07. The van der Waals surface area contributed by atoms with Gasteiger partial charge in [-0.3, -0.25) is 19.2 Å². The number of likely N-dealkylation sites (N-methyl/N-ethyl adjacent to an activating group) is 1. The number of nitrogens with one attached hydrogen (secondary N) is 5. The molecule has 0 unspecified atom stereocenters. The normalized spacial score (nSPS) is 16.0. The van der Waals surface area contributed by atoms with Gasteiger partial charge < -0.3 is 36.4 Å². The van der Waals surface area contributed by atoms with E-state index in [-0.39, 0.29) is 35.8 Å². The molecule has 12 nitrogen and oxygen atoms in total. The number of aliphatic hydroxyl groups excluding tert-OH is 1. The standard InChI is InChI=1S/C29H55N5O7S/c1-12-30-25(37)19(7)31-24(36)18(6)14-22(35)20(13-16(2)3)32-26(38)21(15-42-11)33-27(39)23(17(4)5)34-28(40)41-29(8,9)10/h16-23,35H,12-15H2,1-11H3,(H,30,37)(H,31,36)(H,32,38)(H,33,39)(H,34,40)/t18-,19+,20+,21+,22+,23+/m1/s1. The lowest BCUT2D eigenvalue weighted by Gasteiger charge is -2.30. The van der Waals surface area contributed by atoms with Crippen LogP contribution in [0.1, 0.15) is 82.1 Å². The molecule has 0 radical (unpaired) electrons. The van der Waals surface area contributed by atoms with Gasteiger partial charge in [0, 0.05) is 18.2 Å². The molecule has 0 saturated heterocycles. The number of carbonyl (C=O) groups is 5. The zero-order valence-electron chi connectivity index (χ0n) is 27.3. The first-order valence-corrected chi connectivity index (χ1v) is 16.1. The van der Waals surface area contributed by atoms with E-state index in [4.69, 9.17) is 4.74 Å². The van der Waals surface area contributed by atoms with Crippen LogP contribution in [0, 0.1) is 17.8 Å². The lowest BCUT2D eigenvalue weighted by atomic mass is 9.92. The van der Waals surface area contributed by atoms with Crippen LogP contribution in [0.3, 0.4) is 0 Å². The van der Waals surface area contributed by atoms with Crippen molar-refractivity contribution in [3.8, 4) is 0 Å². The lowest BCUT2D eigenvalue weighted by Crippen LogP contribution is -2.58. The Labute approximate surface area is 256 Å². The first-order chi connectivity index (χ1) is 19.3. The molecule has 6 atom stereocenters. The zero-order valence-corrected chi connectivity index (χ0v) is 28.1. The molecule has 0 aliphatic rings. The van der Waals surface area contributed by atoms with Crippen LogP contribution in [-0.2, 0) is 23.9 Å². The van der Waals surface area contributed by atoms with Crippen LogP contribution in [0.4, 0.5) is 4.79 Å². The summed E-state index contributed by atoms with van der Waals surface area (Å²) in [6.07, 6.45) is 0.500. The average molecular weight is 618 g/mol. The second-order valence-corrected chi connectivity index (χ2v) is 13.4. The number of carbonyl (C=O) groups excluding carboxylic acids is 5. The van der Waals surface area contributed by atoms with Gasteiger partial charge in [0.15, 0.2) is 0 Å². The molecule has 0 rings (SSSR count). The summed E-state index contributed by atoms with van der Waals surface area (Å²) in [5, 5.41) is 24.6.